The highest BCUT2D eigenvalue weighted by Crippen LogP contribution is 2.34. The summed E-state index contributed by atoms with van der Waals surface area (Å²) in [5, 5.41) is 0. The lowest BCUT2D eigenvalue weighted by Crippen LogP contribution is -2.36. The van der Waals surface area contributed by atoms with Gasteiger partial charge in [-0.15, -0.1) is 0 Å². The van der Waals surface area contributed by atoms with Crippen LogP contribution in [0.1, 0.15) is 17.3 Å². The number of methoxy groups -OCH3 is 1. The molecule has 2 aromatic rings. The fraction of sp³-hybridized carbons (Fsp3) is 0.222. The lowest BCUT2D eigenvalue weighted by atomic mass is 10.2. The quantitative estimate of drug-likeness (QED) is 0.802. The smallest absolute Gasteiger partial charge is 0.337 e. The number of fused-ring (bicyclic) bond motifs is 1. The van der Waals surface area contributed by atoms with E-state index in [1.807, 2.05) is 0 Å². The molecule has 0 unspecified atom stereocenters. The molecule has 2 aromatic carbocycles. The first-order valence-corrected chi connectivity index (χ1v) is 9.56. The molecule has 0 aliphatic carbocycles. The predicted molar refractivity (Wildman–Crippen MR) is 98.6 cm³/mol. The van der Waals surface area contributed by atoms with Crippen molar-refractivity contribution in [2.45, 2.75) is 11.8 Å². The lowest BCUT2D eigenvalue weighted by Gasteiger charge is -2.29. The van der Waals surface area contributed by atoms with E-state index in [0.29, 0.717) is 24.6 Å². The Morgan fingerprint density at radius 3 is 2.67 bits per heavy atom. The normalized spacial score (nSPS) is 13.3. The van der Waals surface area contributed by atoms with E-state index in [0.717, 1.165) is 0 Å². The number of sulfonamides is 1. The van der Waals surface area contributed by atoms with Crippen molar-refractivity contribution in [3.63, 3.8) is 0 Å². The van der Waals surface area contributed by atoms with Crippen LogP contribution in [0.25, 0.3) is 0 Å². The van der Waals surface area contributed by atoms with Gasteiger partial charge in [0.2, 0.25) is 5.91 Å². The number of nitrogens with one attached hydrogen (secondary N) is 1. The van der Waals surface area contributed by atoms with Crippen molar-refractivity contribution in [1.82, 2.24) is 0 Å². The van der Waals surface area contributed by atoms with Crippen molar-refractivity contribution in [2.75, 3.05) is 29.9 Å². The predicted octanol–water partition coefficient (Wildman–Crippen LogP) is 2.02. The van der Waals surface area contributed by atoms with Gasteiger partial charge in [0.1, 0.15) is 12.4 Å². The topological polar surface area (TPSA) is 102 Å². The van der Waals surface area contributed by atoms with Gasteiger partial charge in [-0.3, -0.25) is 9.52 Å². The van der Waals surface area contributed by atoms with Crippen LogP contribution in [0.4, 0.5) is 11.4 Å². The number of carbonyl (C=O) groups is 2. The van der Waals surface area contributed by atoms with Crippen LogP contribution in [0.2, 0.25) is 0 Å². The molecule has 3 rings (SSSR count). The first-order chi connectivity index (χ1) is 12.8. The summed E-state index contributed by atoms with van der Waals surface area (Å²) in [6.07, 6.45) is 0. The molecule has 1 N–H and O–H groups in total. The minimum absolute atomic E-state index is 0.0264. The van der Waals surface area contributed by atoms with Crippen LogP contribution < -0.4 is 14.4 Å². The van der Waals surface area contributed by atoms with Crippen LogP contribution >= 0.6 is 0 Å². The molecule has 1 aliphatic rings. The molecule has 27 heavy (non-hydrogen) atoms. The summed E-state index contributed by atoms with van der Waals surface area (Å²) >= 11 is 0. The number of carbonyl (C=O) groups excluding carboxylic acids is 2. The second-order valence-corrected chi connectivity index (χ2v) is 7.51. The zero-order chi connectivity index (χ0) is 19.6. The van der Waals surface area contributed by atoms with E-state index in [-0.39, 0.29) is 22.1 Å². The Morgan fingerprint density at radius 1 is 1.19 bits per heavy atom. The minimum Gasteiger partial charge on any atom is -0.490 e. The third-order valence-electron chi connectivity index (χ3n) is 4.02. The number of rotatable bonds is 4. The fourth-order valence-corrected chi connectivity index (χ4v) is 3.80. The zero-order valence-corrected chi connectivity index (χ0v) is 15.6. The SMILES string of the molecule is COC(=O)c1cccc(NS(=O)(=O)c2ccc3c(c2)N(C(C)=O)CCO3)c1. The Morgan fingerprint density at radius 2 is 1.96 bits per heavy atom. The Kier molecular flexibility index (Phi) is 5.04. The van der Waals surface area contributed by atoms with Crippen LogP contribution in [0.5, 0.6) is 5.75 Å². The molecule has 1 amide bonds. The number of hydrogen-bond acceptors (Lipinski definition) is 6. The summed E-state index contributed by atoms with van der Waals surface area (Å²) in [5.74, 6) is -0.324. The number of anilines is 2. The highest BCUT2D eigenvalue weighted by atomic mass is 32.2. The number of hydrogen-bond donors (Lipinski definition) is 1. The Labute approximate surface area is 156 Å². The molecular weight excluding hydrogens is 372 g/mol. The summed E-state index contributed by atoms with van der Waals surface area (Å²) in [5.41, 5.74) is 0.842. The van der Waals surface area contributed by atoms with Crippen LogP contribution in [-0.2, 0) is 19.6 Å². The number of benzene rings is 2. The zero-order valence-electron chi connectivity index (χ0n) is 14.8. The highest BCUT2D eigenvalue weighted by Gasteiger charge is 2.24. The van der Waals surface area contributed by atoms with E-state index >= 15 is 0 Å². The molecular formula is C18H18N2O6S. The molecule has 0 radical (unpaired) electrons. The van der Waals surface area contributed by atoms with Crippen molar-refractivity contribution in [1.29, 1.82) is 0 Å². The largest absolute Gasteiger partial charge is 0.490 e. The maximum Gasteiger partial charge on any atom is 0.337 e. The third kappa shape index (κ3) is 3.87. The molecule has 8 nitrogen and oxygen atoms in total. The van der Waals surface area contributed by atoms with E-state index in [9.17, 15) is 18.0 Å². The van der Waals surface area contributed by atoms with E-state index in [4.69, 9.17) is 4.74 Å². The molecule has 0 spiro atoms. The van der Waals surface area contributed by atoms with Gasteiger partial charge in [0.05, 0.1) is 29.8 Å². The molecule has 0 atom stereocenters. The lowest BCUT2D eigenvalue weighted by molar-refractivity contribution is -0.116. The van der Waals surface area contributed by atoms with E-state index in [2.05, 4.69) is 9.46 Å². The van der Waals surface area contributed by atoms with E-state index < -0.39 is 16.0 Å². The molecule has 1 heterocycles. The summed E-state index contributed by atoms with van der Waals surface area (Å²) in [4.78, 5) is 24.9. The molecule has 0 aromatic heterocycles. The molecule has 0 saturated carbocycles. The van der Waals surface area contributed by atoms with Gasteiger partial charge in [-0.1, -0.05) is 6.07 Å². The second-order valence-electron chi connectivity index (χ2n) is 5.83. The van der Waals surface area contributed by atoms with Crippen molar-refractivity contribution < 1.29 is 27.5 Å². The Hall–Kier alpha value is -3.07. The monoisotopic (exact) mass is 390 g/mol. The molecule has 0 saturated heterocycles. The Balaban J connectivity index is 1.93. The Bertz CT molecular complexity index is 1000. The first-order valence-electron chi connectivity index (χ1n) is 8.08. The molecule has 142 valence electrons. The van der Waals surface area contributed by atoms with Gasteiger partial charge in [-0.05, 0) is 36.4 Å². The number of esters is 1. The van der Waals surface area contributed by atoms with Crippen molar-refractivity contribution in [3.05, 3.63) is 48.0 Å². The van der Waals surface area contributed by atoms with Crippen molar-refractivity contribution in [3.8, 4) is 5.75 Å². The molecule has 0 fully saturated rings. The van der Waals surface area contributed by atoms with Crippen LogP contribution in [0, 0.1) is 0 Å². The van der Waals surface area contributed by atoms with E-state index in [1.54, 1.807) is 6.07 Å². The number of ether oxygens (including phenoxy) is 2. The first kappa shape index (κ1) is 18.7. The maximum absolute atomic E-state index is 12.7. The fourth-order valence-electron chi connectivity index (χ4n) is 2.73. The van der Waals surface area contributed by atoms with Crippen LogP contribution in [0.15, 0.2) is 47.4 Å². The van der Waals surface area contributed by atoms with Crippen LogP contribution in [-0.4, -0.2) is 40.6 Å². The van der Waals surface area contributed by atoms with Gasteiger partial charge >= 0.3 is 5.97 Å². The average Bonchev–Trinajstić information content (AvgIpc) is 2.66. The van der Waals surface area contributed by atoms with Gasteiger partial charge < -0.3 is 14.4 Å². The summed E-state index contributed by atoms with van der Waals surface area (Å²) < 4.78 is 38.0. The summed E-state index contributed by atoms with van der Waals surface area (Å²) in [7, 11) is -2.70. The molecule has 1 aliphatic heterocycles. The molecule has 0 bridgehead atoms. The average molecular weight is 390 g/mol. The van der Waals surface area contributed by atoms with Crippen molar-refractivity contribution in [2.24, 2.45) is 0 Å². The summed E-state index contributed by atoms with van der Waals surface area (Å²) in [6, 6.07) is 10.3. The molecule has 9 heteroatoms. The van der Waals surface area contributed by atoms with Crippen LogP contribution in [0.3, 0.4) is 0 Å². The standard InChI is InChI=1S/C18H18N2O6S/c1-12(21)20-8-9-26-17-7-6-15(11-16(17)20)27(23,24)19-14-5-3-4-13(10-14)18(22)25-2/h3-7,10-11,19H,8-9H2,1-2H3. The van der Waals surface area contributed by atoms with Gasteiger partial charge in [-0.25, -0.2) is 13.2 Å². The second kappa shape index (κ2) is 7.28. The van der Waals surface area contributed by atoms with Crippen molar-refractivity contribution >= 4 is 33.3 Å². The number of nitrogens with zero attached hydrogens (tertiary/aromatic N) is 1. The summed E-state index contributed by atoms with van der Waals surface area (Å²) in [6.45, 7) is 2.10. The minimum atomic E-state index is -3.94. The van der Waals surface area contributed by atoms with Gasteiger partial charge in [0, 0.05) is 12.6 Å². The van der Waals surface area contributed by atoms with Gasteiger partial charge in [0.25, 0.3) is 10.0 Å². The van der Waals surface area contributed by atoms with Gasteiger partial charge in [-0.2, -0.15) is 0 Å². The van der Waals surface area contributed by atoms with Gasteiger partial charge in [0.15, 0.2) is 0 Å². The number of amides is 1. The highest BCUT2D eigenvalue weighted by molar-refractivity contribution is 7.92. The third-order valence-corrected chi connectivity index (χ3v) is 5.40. The maximum atomic E-state index is 12.7. The van der Waals surface area contributed by atoms with E-state index in [1.165, 1.54) is 55.3 Å².